The van der Waals surface area contributed by atoms with E-state index in [-0.39, 0.29) is 0 Å². The van der Waals surface area contributed by atoms with Gasteiger partial charge in [0.2, 0.25) is 0 Å². The van der Waals surface area contributed by atoms with Crippen molar-refractivity contribution < 1.29 is 4.57 Å². The predicted molar refractivity (Wildman–Crippen MR) is 131 cm³/mol. The van der Waals surface area contributed by atoms with Crippen molar-refractivity contribution in [3.8, 4) is 0 Å². The van der Waals surface area contributed by atoms with E-state index in [2.05, 4.69) is 115 Å². The van der Waals surface area contributed by atoms with Gasteiger partial charge in [0, 0.05) is 0 Å². The molecule has 0 atom stereocenters. The summed E-state index contributed by atoms with van der Waals surface area (Å²) in [5.41, 5.74) is 5.30. The zero-order valence-electron chi connectivity index (χ0n) is 16.8. The second kappa shape index (κ2) is 8.57. The number of hydrogen-bond donors (Lipinski definition) is 0. The number of nitrogens with zero attached hydrogens (tertiary/aromatic N) is 1. The Balaban J connectivity index is 1.54. The van der Waals surface area contributed by atoms with Gasteiger partial charge in [0.15, 0.2) is 0 Å². The van der Waals surface area contributed by atoms with Crippen molar-refractivity contribution in [3.63, 3.8) is 0 Å². The molecule has 0 saturated carbocycles. The van der Waals surface area contributed by atoms with Crippen molar-refractivity contribution in [2.45, 2.75) is 13.5 Å². The SMILES string of the molecule is CC[n+]1c(/C=C/C=C2\C=C(c3ccccc3)[Se]c3ccccc32)sc2ccccc21. The van der Waals surface area contributed by atoms with Gasteiger partial charge in [-0.25, -0.2) is 0 Å². The Morgan fingerprint density at radius 1 is 0.900 bits per heavy atom. The minimum absolute atomic E-state index is 0.329. The Labute approximate surface area is 187 Å². The van der Waals surface area contributed by atoms with Crippen molar-refractivity contribution in [3.05, 3.63) is 113 Å². The average molecular weight is 472 g/mol. The summed E-state index contributed by atoms with van der Waals surface area (Å²) in [4.78, 5) is 0. The monoisotopic (exact) mass is 472 g/mol. The second-order valence-electron chi connectivity index (χ2n) is 7.11. The Kier molecular flexibility index (Phi) is 5.50. The number of benzene rings is 3. The van der Waals surface area contributed by atoms with Crippen LogP contribution in [0.1, 0.15) is 23.1 Å². The Bertz CT molecular complexity index is 1290. The summed E-state index contributed by atoms with van der Waals surface area (Å²) in [6.45, 7) is 3.19. The molecule has 2 heterocycles. The number of fused-ring (bicyclic) bond motifs is 2. The van der Waals surface area contributed by atoms with Crippen LogP contribution in [-0.2, 0) is 6.54 Å². The molecule has 5 rings (SSSR count). The standard InChI is InChI=1S/C27H22NSSe/c1-2-28-23-15-7-8-16-24(23)29-27(28)18-10-13-21-19-26(20-11-4-3-5-12-20)30-25-17-9-6-14-22(21)25/h3-19H,2H2,1H3/q+1/b18-10+,21-13+. The van der Waals surface area contributed by atoms with Gasteiger partial charge in [-0.1, -0.05) is 0 Å². The molecule has 1 nitrogen and oxygen atoms in total. The van der Waals surface area contributed by atoms with Crippen LogP contribution in [0.2, 0.25) is 0 Å². The molecule has 3 heteroatoms. The first kappa shape index (κ1) is 19.3. The van der Waals surface area contributed by atoms with E-state index in [1.807, 2.05) is 11.3 Å². The van der Waals surface area contributed by atoms with Crippen molar-refractivity contribution in [1.82, 2.24) is 0 Å². The number of aryl methyl sites for hydroxylation is 1. The number of thiazole rings is 1. The van der Waals surface area contributed by atoms with E-state index >= 15 is 0 Å². The van der Waals surface area contributed by atoms with Gasteiger partial charge in [0.25, 0.3) is 0 Å². The van der Waals surface area contributed by atoms with Gasteiger partial charge in [-0.15, -0.1) is 0 Å². The number of allylic oxidation sites excluding steroid dienone is 4. The first-order valence-electron chi connectivity index (χ1n) is 10.2. The van der Waals surface area contributed by atoms with E-state index in [9.17, 15) is 0 Å². The summed E-state index contributed by atoms with van der Waals surface area (Å²) in [5, 5.41) is 1.29. The van der Waals surface area contributed by atoms with Crippen LogP contribution in [0.25, 0.3) is 26.3 Å². The maximum atomic E-state index is 2.39. The van der Waals surface area contributed by atoms with Gasteiger partial charge in [-0.3, -0.25) is 0 Å². The van der Waals surface area contributed by atoms with Crippen LogP contribution in [0.5, 0.6) is 0 Å². The number of rotatable bonds is 4. The molecule has 4 aromatic rings. The molecule has 0 fully saturated rings. The Morgan fingerprint density at radius 3 is 2.53 bits per heavy atom. The summed E-state index contributed by atoms with van der Waals surface area (Å²) in [6.07, 6.45) is 9.10. The van der Waals surface area contributed by atoms with E-state index < -0.39 is 0 Å². The molecule has 3 aromatic carbocycles. The van der Waals surface area contributed by atoms with Crippen molar-refractivity contribution in [2.75, 3.05) is 0 Å². The molecule has 0 bridgehead atoms. The molecule has 1 aliphatic rings. The zero-order valence-corrected chi connectivity index (χ0v) is 19.3. The third-order valence-electron chi connectivity index (χ3n) is 5.23. The molecule has 146 valence electrons. The van der Waals surface area contributed by atoms with Gasteiger partial charge >= 0.3 is 188 Å². The molecule has 30 heavy (non-hydrogen) atoms. The van der Waals surface area contributed by atoms with Gasteiger partial charge in [-0.05, 0) is 0 Å². The quantitative estimate of drug-likeness (QED) is 0.266. The molecule has 0 spiro atoms. The van der Waals surface area contributed by atoms with E-state index in [4.69, 9.17) is 0 Å². The van der Waals surface area contributed by atoms with Crippen LogP contribution in [0.15, 0.2) is 97.1 Å². The summed E-state index contributed by atoms with van der Waals surface area (Å²) in [7, 11) is 0. The summed E-state index contributed by atoms with van der Waals surface area (Å²) >= 11 is 2.18. The Hall–Kier alpha value is -2.71. The van der Waals surface area contributed by atoms with Crippen LogP contribution < -0.4 is 9.03 Å². The molecule has 0 unspecified atom stereocenters. The molecular weight excluding hydrogens is 449 g/mol. The third kappa shape index (κ3) is 3.72. The van der Waals surface area contributed by atoms with Gasteiger partial charge in [-0.2, -0.15) is 0 Å². The number of hydrogen-bond acceptors (Lipinski definition) is 1. The average Bonchev–Trinajstić information content (AvgIpc) is 3.17. The van der Waals surface area contributed by atoms with Gasteiger partial charge in [0.1, 0.15) is 0 Å². The molecule has 1 aromatic heterocycles. The second-order valence-corrected chi connectivity index (χ2v) is 10.4. The fraction of sp³-hybridized carbons (Fsp3) is 0.0741. The minimum atomic E-state index is 0.329. The molecular formula is C27H22NSSe+. The van der Waals surface area contributed by atoms with E-state index in [1.165, 1.54) is 40.9 Å². The first-order valence-corrected chi connectivity index (χ1v) is 12.7. The fourth-order valence-electron chi connectivity index (χ4n) is 3.78. The van der Waals surface area contributed by atoms with Crippen LogP contribution in [0.3, 0.4) is 0 Å². The van der Waals surface area contributed by atoms with Crippen LogP contribution in [0.4, 0.5) is 0 Å². The normalized spacial score (nSPS) is 15.0. The van der Waals surface area contributed by atoms with Crippen molar-refractivity contribution >= 4 is 57.1 Å². The van der Waals surface area contributed by atoms with Gasteiger partial charge < -0.3 is 0 Å². The van der Waals surface area contributed by atoms with E-state index in [0.717, 1.165) is 6.54 Å². The third-order valence-corrected chi connectivity index (χ3v) is 8.77. The number of para-hydroxylation sites is 1. The van der Waals surface area contributed by atoms with Crippen LogP contribution in [0, 0.1) is 0 Å². The predicted octanol–water partition coefficient (Wildman–Crippen LogP) is 5.69. The van der Waals surface area contributed by atoms with E-state index in [1.54, 1.807) is 0 Å². The molecule has 1 aliphatic heterocycles. The number of aromatic nitrogens is 1. The molecule has 0 saturated heterocycles. The first-order chi connectivity index (χ1) is 14.8. The van der Waals surface area contributed by atoms with Crippen LogP contribution >= 0.6 is 11.3 Å². The summed E-state index contributed by atoms with van der Waals surface area (Å²) in [5.74, 6) is 0. The summed E-state index contributed by atoms with van der Waals surface area (Å²) in [6, 6.07) is 28.2. The van der Waals surface area contributed by atoms with Gasteiger partial charge in [0.05, 0.1) is 0 Å². The molecule has 0 radical (unpaired) electrons. The van der Waals surface area contributed by atoms with E-state index in [0.29, 0.717) is 15.0 Å². The maximum absolute atomic E-state index is 2.39. The molecule has 0 aliphatic carbocycles. The zero-order chi connectivity index (χ0) is 20.3. The Morgan fingerprint density at radius 2 is 1.67 bits per heavy atom. The molecule has 0 amide bonds. The van der Waals surface area contributed by atoms with Crippen molar-refractivity contribution in [1.29, 1.82) is 0 Å². The van der Waals surface area contributed by atoms with Crippen LogP contribution in [-0.4, -0.2) is 15.0 Å². The topological polar surface area (TPSA) is 3.88 Å². The molecule has 0 N–H and O–H groups in total. The van der Waals surface area contributed by atoms with Crippen molar-refractivity contribution in [2.24, 2.45) is 0 Å². The fourth-order valence-corrected chi connectivity index (χ4v) is 7.27. The summed E-state index contributed by atoms with van der Waals surface area (Å²) < 4.78 is 6.62.